The zero-order valence-corrected chi connectivity index (χ0v) is 12.3. The highest BCUT2D eigenvalue weighted by Crippen LogP contribution is 2.17. The van der Waals surface area contributed by atoms with Crippen LogP contribution >= 0.6 is 0 Å². The van der Waals surface area contributed by atoms with Gasteiger partial charge in [0.15, 0.2) is 6.10 Å². The molecular weight excluding hydrogens is 280 g/mol. The largest absolute Gasteiger partial charge is 0.481 e. The minimum absolute atomic E-state index is 0.269. The first-order valence-corrected chi connectivity index (χ1v) is 7.03. The van der Waals surface area contributed by atoms with Crippen LogP contribution in [-0.2, 0) is 4.79 Å². The highest BCUT2D eigenvalue weighted by Gasteiger charge is 2.20. The maximum Gasteiger partial charge on any atom is 0.265 e. The summed E-state index contributed by atoms with van der Waals surface area (Å²) >= 11 is 0. The summed E-state index contributed by atoms with van der Waals surface area (Å²) in [6.45, 7) is 1.85. The molecule has 0 aliphatic carbocycles. The van der Waals surface area contributed by atoms with Crippen molar-refractivity contribution in [3.63, 3.8) is 0 Å². The van der Waals surface area contributed by atoms with E-state index < -0.39 is 12.0 Å². The third kappa shape index (κ3) is 3.85. The van der Waals surface area contributed by atoms with Gasteiger partial charge in [0.1, 0.15) is 5.75 Å². The number of hydrogen-bond donors (Lipinski definition) is 2. The third-order valence-electron chi connectivity index (χ3n) is 3.14. The SMILES string of the molecule is CCC(Oc1ccccc1)C(=O)Nc1ccccc1C(N)=O. The van der Waals surface area contributed by atoms with E-state index in [4.69, 9.17) is 10.5 Å². The number of amides is 2. The van der Waals surface area contributed by atoms with Crippen molar-refractivity contribution in [2.45, 2.75) is 19.4 Å². The second kappa shape index (κ2) is 7.26. The first-order valence-electron chi connectivity index (χ1n) is 7.03. The Morgan fingerprint density at radius 1 is 1.09 bits per heavy atom. The molecule has 0 bridgehead atoms. The van der Waals surface area contributed by atoms with E-state index in [0.29, 0.717) is 17.9 Å². The number of ether oxygens (including phenoxy) is 1. The Bertz CT molecular complexity index is 656. The number of para-hydroxylation sites is 2. The molecular formula is C17H18N2O3. The van der Waals surface area contributed by atoms with Crippen LogP contribution in [-0.4, -0.2) is 17.9 Å². The van der Waals surface area contributed by atoms with Crippen molar-refractivity contribution in [2.75, 3.05) is 5.32 Å². The molecule has 0 fully saturated rings. The van der Waals surface area contributed by atoms with Crippen molar-refractivity contribution >= 4 is 17.5 Å². The van der Waals surface area contributed by atoms with Crippen LogP contribution < -0.4 is 15.8 Å². The standard InChI is InChI=1S/C17H18N2O3/c1-2-15(22-12-8-4-3-5-9-12)17(21)19-14-11-7-6-10-13(14)16(18)20/h3-11,15H,2H2,1H3,(H2,18,20)(H,19,21). The van der Waals surface area contributed by atoms with Gasteiger partial charge in [-0.2, -0.15) is 0 Å². The van der Waals surface area contributed by atoms with E-state index in [1.54, 1.807) is 36.4 Å². The van der Waals surface area contributed by atoms with Crippen molar-refractivity contribution in [3.05, 3.63) is 60.2 Å². The predicted octanol–water partition coefficient (Wildman–Crippen LogP) is 2.58. The summed E-state index contributed by atoms with van der Waals surface area (Å²) in [7, 11) is 0. The molecule has 0 saturated carbocycles. The summed E-state index contributed by atoms with van der Waals surface area (Å²) < 4.78 is 5.67. The molecule has 2 rings (SSSR count). The van der Waals surface area contributed by atoms with Gasteiger partial charge in [0.05, 0.1) is 11.3 Å². The number of carbonyl (C=O) groups excluding carboxylic acids is 2. The fourth-order valence-electron chi connectivity index (χ4n) is 2.01. The number of anilines is 1. The summed E-state index contributed by atoms with van der Waals surface area (Å²) in [5, 5.41) is 2.70. The van der Waals surface area contributed by atoms with Gasteiger partial charge in [-0.1, -0.05) is 37.3 Å². The van der Waals surface area contributed by atoms with Gasteiger partial charge in [-0.05, 0) is 30.7 Å². The number of primary amides is 1. The molecule has 114 valence electrons. The van der Waals surface area contributed by atoms with Crippen molar-refractivity contribution in [3.8, 4) is 5.75 Å². The molecule has 0 heterocycles. The highest BCUT2D eigenvalue weighted by molar-refractivity contribution is 6.04. The van der Waals surface area contributed by atoms with E-state index >= 15 is 0 Å². The van der Waals surface area contributed by atoms with Crippen LogP contribution in [0.4, 0.5) is 5.69 Å². The lowest BCUT2D eigenvalue weighted by Crippen LogP contribution is -2.33. The van der Waals surface area contributed by atoms with Crippen molar-refractivity contribution in [2.24, 2.45) is 5.73 Å². The lowest BCUT2D eigenvalue weighted by molar-refractivity contribution is -0.122. The van der Waals surface area contributed by atoms with Gasteiger partial charge in [0.25, 0.3) is 11.8 Å². The average molecular weight is 298 g/mol. The average Bonchev–Trinajstić information content (AvgIpc) is 2.53. The van der Waals surface area contributed by atoms with Crippen LogP contribution in [0.2, 0.25) is 0 Å². The fourth-order valence-corrected chi connectivity index (χ4v) is 2.01. The van der Waals surface area contributed by atoms with E-state index in [-0.39, 0.29) is 11.5 Å². The third-order valence-corrected chi connectivity index (χ3v) is 3.14. The Labute approximate surface area is 129 Å². The maximum atomic E-state index is 12.3. The summed E-state index contributed by atoms with van der Waals surface area (Å²) in [6, 6.07) is 15.7. The van der Waals surface area contributed by atoms with Crippen LogP contribution in [0.3, 0.4) is 0 Å². The molecule has 2 aromatic rings. The molecule has 2 aromatic carbocycles. The number of nitrogens with two attached hydrogens (primary N) is 1. The second-order valence-corrected chi connectivity index (χ2v) is 4.73. The Morgan fingerprint density at radius 3 is 2.36 bits per heavy atom. The van der Waals surface area contributed by atoms with Crippen molar-refractivity contribution in [1.82, 2.24) is 0 Å². The molecule has 0 aromatic heterocycles. The van der Waals surface area contributed by atoms with Gasteiger partial charge in [-0.25, -0.2) is 0 Å². The molecule has 22 heavy (non-hydrogen) atoms. The second-order valence-electron chi connectivity index (χ2n) is 4.73. The number of nitrogens with one attached hydrogen (secondary N) is 1. The molecule has 0 saturated heterocycles. The maximum absolute atomic E-state index is 12.3. The lowest BCUT2D eigenvalue weighted by atomic mass is 10.1. The minimum Gasteiger partial charge on any atom is -0.481 e. The van der Waals surface area contributed by atoms with E-state index in [1.165, 1.54) is 0 Å². The van der Waals surface area contributed by atoms with Gasteiger partial charge in [0.2, 0.25) is 0 Å². The Kier molecular flexibility index (Phi) is 5.14. The van der Waals surface area contributed by atoms with Crippen LogP contribution in [0, 0.1) is 0 Å². The van der Waals surface area contributed by atoms with Crippen LogP contribution in [0.1, 0.15) is 23.7 Å². The van der Waals surface area contributed by atoms with E-state index in [2.05, 4.69) is 5.32 Å². The Morgan fingerprint density at radius 2 is 1.73 bits per heavy atom. The van der Waals surface area contributed by atoms with Gasteiger partial charge in [0, 0.05) is 0 Å². The molecule has 5 heteroatoms. The topological polar surface area (TPSA) is 81.4 Å². The normalized spacial score (nSPS) is 11.5. The van der Waals surface area contributed by atoms with Crippen molar-refractivity contribution in [1.29, 1.82) is 0 Å². The summed E-state index contributed by atoms with van der Waals surface area (Å²) in [5.74, 6) is -0.291. The number of benzene rings is 2. The van der Waals surface area contributed by atoms with Crippen molar-refractivity contribution < 1.29 is 14.3 Å². The molecule has 5 nitrogen and oxygen atoms in total. The van der Waals surface area contributed by atoms with Gasteiger partial charge in [-0.15, -0.1) is 0 Å². The fraction of sp³-hybridized carbons (Fsp3) is 0.176. The van der Waals surface area contributed by atoms with E-state index in [9.17, 15) is 9.59 Å². The van der Waals surface area contributed by atoms with Crippen LogP contribution in [0.5, 0.6) is 5.75 Å². The van der Waals surface area contributed by atoms with Gasteiger partial charge in [-0.3, -0.25) is 9.59 Å². The number of hydrogen-bond acceptors (Lipinski definition) is 3. The molecule has 2 amide bonds. The molecule has 0 aliphatic rings. The summed E-state index contributed by atoms with van der Waals surface area (Å²) in [6.07, 6.45) is -0.150. The number of carbonyl (C=O) groups is 2. The van der Waals surface area contributed by atoms with Gasteiger partial charge < -0.3 is 15.8 Å². The molecule has 3 N–H and O–H groups in total. The molecule has 0 spiro atoms. The number of rotatable bonds is 6. The highest BCUT2D eigenvalue weighted by atomic mass is 16.5. The predicted molar refractivity (Wildman–Crippen MR) is 84.7 cm³/mol. The summed E-state index contributed by atoms with van der Waals surface area (Å²) in [5.41, 5.74) is 5.95. The minimum atomic E-state index is -0.650. The van der Waals surface area contributed by atoms with E-state index in [0.717, 1.165) is 0 Å². The lowest BCUT2D eigenvalue weighted by Gasteiger charge is -2.18. The van der Waals surface area contributed by atoms with Crippen LogP contribution in [0.15, 0.2) is 54.6 Å². The monoisotopic (exact) mass is 298 g/mol. The molecule has 1 unspecified atom stereocenters. The first kappa shape index (κ1) is 15.6. The zero-order chi connectivity index (χ0) is 15.9. The Balaban J connectivity index is 2.11. The first-order chi connectivity index (χ1) is 10.6. The molecule has 0 aliphatic heterocycles. The van der Waals surface area contributed by atoms with E-state index in [1.807, 2.05) is 25.1 Å². The Hall–Kier alpha value is -2.82. The smallest absolute Gasteiger partial charge is 0.265 e. The molecule has 1 atom stereocenters. The summed E-state index contributed by atoms with van der Waals surface area (Å²) in [4.78, 5) is 23.7. The molecule has 0 radical (unpaired) electrons. The van der Waals surface area contributed by atoms with Gasteiger partial charge >= 0.3 is 0 Å². The quantitative estimate of drug-likeness (QED) is 0.860. The zero-order valence-electron chi connectivity index (χ0n) is 12.3. The van der Waals surface area contributed by atoms with Crippen LogP contribution in [0.25, 0.3) is 0 Å².